The van der Waals surface area contributed by atoms with Crippen molar-refractivity contribution in [1.29, 1.82) is 0 Å². The van der Waals surface area contributed by atoms with E-state index >= 15 is 0 Å². The van der Waals surface area contributed by atoms with Crippen LogP contribution in [0.2, 0.25) is 0 Å². The molecule has 3 aromatic carbocycles. The number of para-hydroxylation sites is 1. The molecule has 46 heavy (non-hydrogen) atoms. The van der Waals surface area contributed by atoms with Crippen LogP contribution in [0.3, 0.4) is 0 Å². The van der Waals surface area contributed by atoms with Crippen molar-refractivity contribution in [3.8, 4) is 0 Å². The number of hydrogen-bond donors (Lipinski definition) is 3. The number of nitrogens with zero attached hydrogens (tertiary/aromatic N) is 3. The van der Waals surface area contributed by atoms with E-state index in [9.17, 15) is 33.2 Å². The Bertz CT molecular complexity index is 1800. The number of nitro benzene ring substituents is 1. The standard InChI is InChI=1S/C33H35N5O7S/c1-22-14-16-25(17-15-22)46(44,45)29-19-28(39)30(35-33(41)36(2)20-23-9-4-3-5-10-23)31(29)37(32(40)26-12-8-18-34-26)21-24-11-6-7-13-27(24)38(42)43/h3-18,28-31,34,39H,19-21H2,1-2H3,(H,35,41)/t28-,29+,30-,31-/m1/s1. The topological polar surface area (TPSA) is 166 Å². The molecule has 240 valence electrons. The van der Waals surface area contributed by atoms with E-state index in [4.69, 9.17) is 0 Å². The van der Waals surface area contributed by atoms with Crippen LogP contribution in [0.25, 0.3) is 0 Å². The fourth-order valence-electron chi connectivity index (χ4n) is 5.89. The monoisotopic (exact) mass is 645 g/mol. The molecule has 4 aromatic rings. The van der Waals surface area contributed by atoms with Crippen LogP contribution in [-0.2, 0) is 22.9 Å². The number of urea groups is 1. The Morgan fingerprint density at radius 3 is 2.30 bits per heavy atom. The minimum absolute atomic E-state index is 0.00793. The first kappa shape index (κ1) is 32.4. The van der Waals surface area contributed by atoms with Gasteiger partial charge in [-0.3, -0.25) is 14.9 Å². The van der Waals surface area contributed by atoms with Crippen molar-refractivity contribution in [2.24, 2.45) is 0 Å². The normalized spacial score (nSPS) is 19.4. The number of aliphatic hydroxyl groups excluding tert-OH is 1. The summed E-state index contributed by atoms with van der Waals surface area (Å²) < 4.78 is 28.5. The average Bonchev–Trinajstić information content (AvgIpc) is 3.69. The van der Waals surface area contributed by atoms with Gasteiger partial charge < -0.3 is 25.2 Å². The van der Waals surface area contributed by atoms with E-state index in [-0.39, 0.29) is 41.4 Å². The third kappa shape index (κ3) is 6.80. The Hall–Kier alpha value is -5.01. The number of nitrogens with one attached hydrogen (secondary N) is 2. The van der Waals surface area contributed by atoms with Gasteiger partial charge in [-0.05, 0) is 43.2 Å². The summed E-state index contributed by atoms with van der Waals surface area (Å²) in [6.07, 6.45) is -0.133. The molecule has 3 N–H and O–H groups in total. The van der Waals surface area contributed by atoms with Gasteiger partial charge in [-0.25, -0.2) is 13.2 Å². The molecule has 1 aliphatic carbocycles. The minimum atomic E-state index is -4.20. The number of aliphatic hydroxyl groups is 1. The zero-order chi connectivity index (χ0) is 33.0. The second-order valence-corrected chi connectivity index (χ2v) is 13.6. The van der Waals surface area contributed by atoms with Gasteiger partial charge in [-0.15, -0.1) is 0 Å². The number of H-pyrrole nitrogens is 1. The number of hydrogen-bond acceptors (Lipinski definition) is 7. The number of aromatic amines is 1. The van der Waals surface area contributed by atoms with E-state index < -0.39 is 50.1 Å². The van der Waals surface area contributed by atoms with Crippen LogP contribution in [0.15, 0.2) is 102 Å². The highest BCUT2D eigenvalue weighted by Crippen LogP contribution is 2.36. The largest absolute Gasteiger partial charge is 0.391 e. The molecule has 3 amide bonds. The summed E-state index contributed by atoms with van der Waals surface area (Å²) >= 11 is 0. The third-order valence-corrected chi connectivity index (χ3v) is 10.5. The maximum Gasteiger partial charge on any atom is 0.317 e. The number of carbonyl (C=O) groups is 2. The number of benzene rings is 3. The summed E-state index contributed by atoms with van der Waals surface area (Å²) in [5, 5.41) is 24.8. The van der Waals surface area contributed by atoms with Crippen molar-refractivity contribution in [3.05, 3.63) is 130 Å². The third-order valence-electron chi connectivity index (χ3n) is 8.26. The molecule has 12 nitrogen and oxygen atoms in total. The number of aromatic nitrogens is 1. The number of carbonyl (C=O) groups excluding carboxylic acids is 2. The Morgan fingerprint density at radius 1 is 0.978 bits per heavy atom. The second kappa shape index (κ2) is 13.5. The number of rotatable bonds is 10. The summed E-state index contributed by atoms with van der Waals surface area (Å²) in [5.41, 5.74) is 1.70. The zero-order valence-corrected chi connectivity index (χ0v) is 26.1. The van der Waals surface area contributed by atoms with Crippen LogP contribution in [0.1, 0.15) is 33.6 Å². The molecule has 1 aromatic heterocycles. The van der Waals surface area contributed by atoms with Gasteiger partial charge in [-0.1, -0.05) is 66.2 Å². The molecule has 5 rings (SSSR count). The predicted octanol–water partition coefficient (Wildman–Crippen LogP) is 4.06. The molecule has 1 aliphatic rings. The first-order chi connectivity index (χ1) is 22.0. The summed E-state index contributed by atoms with van der Waals surface area (Å²) in [5.74, 6) is -0.650. The fourth-order valence-corrected chi connectivity index (χ4v) is 7.89. The van der Waals surface area contributed by atoms with Gasteiger partial charge in [0, 0.05) is 31.4 Å². The van der Waals surface area contributed by atoms with Gasteiger partial charge in [-0.2, -0.15) is 0 Å². The van der Waals surface area contributed by atoms with E-state index in [1.54, 1.807) is 31.3 Å². The number of aryl methyl sites for hydroxylation is 1. The first-order valence-electron chi connectivity index (χ1n) is 14.7. The van der Waals surface area contributed by atoms with Crippen LogP contribution in [0, 0.1) is 17.0 Å². The number of sulfone groups is 1. The summed E-state index contributed by atoms with van der Waals surface area (Å²) in [6.45, 7) is 1.69. The maximum atomic E-state index is 14.3. The summed E-state index contributed by atoms with van der Waals surface area (Å²) in [4.78, 5) is 44.5. The molecule has 0 spiro atoms. The molecule has 0 radical (unpaired) electrons. The molecule has 1 heterocycles. The molecule has 0 unspecified atom stereocenters. The smallest absolute Gasteiger partial charge is 0.317 e. The molecular weight excluding hydrogens is 610 g/mol. The van der Waals surface area contributed by atoms with Gasteiger partial charge in [0.05, 0.1) is 39.8 Å². The Kier molecular flexibility index (Phi) is 9.54. The first-order valence-corrected chi connectivity index (χ1v) is 16.2. The maximum absolute atomic E-state index is 14.3. The van der Waals surface area contributed by atoms with E-state index in [2.05, 4.69) is 10.3 Å². The van der Waals surface area contributed by atoms with Gasteiger partial charge >= 0.3 is 6.03 Å². The molecule has 0 saturated heterocycles. The van der Waals surface area contributed by atoms with Crippen molar-refractivity contribution in [2.45, 2.75) is 54.8 Å². The van der Waals surface area contributed by atoms with Crippen LogP contribution >= 0.6 is 0 Å². The highest BCUT2D eigenvalue weighted by atomic mass is 32.2. The molecule has 0 aliphatic heterocycles. The van der Waals surface area contributed by atoms with Crippen LogP contribution < -0.4 is 5.32 Å². The van der Waals surface area contributed by atoms with E-state index in [0.29, 0.717) is 0 Å². The molecule has 1 fully saturated rings. The molecule has 13 heteroatoms. The van der Waals surface area contributed by atoms with E-state index in [1.165, 1.54) is 52.4 Å². The summed E-state index contributed by atoms with van der Waals surface area (Å²) in [6, 6.07) is 21.3. The van der Waals surface area contributed by atoms with E-state index in [0.717, 1.165) is 11.1 Å². The van der Waals surface area contributed by atoms with Crippen molar-refractivity contribution in [3.63, 3.8) is 0 Å². The average molecular weight is 646 g/mol. The predicted molar refractivity (Wildman–Crippen MR) is 171 cm³/mol. The quantitative estimate of drug-likeness (QED) is 0.173. The van der Waals surface area contributed by atoms with Crippen LogP contribution in [0.4, 0.5) is 10.5 Å². The molecule has 0 bridgehead atoms. The molecule has 1 saturated carbocycles. The molecule has 4 atom stereocenters. The Morgan fingerprint density at radius 2 is 1.65 bits per heavy atom. The molecular formula is C33H35N5O7S. The van der Waals surface area contributed by atoms with Crippen LogP contribution in [0.5, 0.6) is 0 Å². The SMILES string of the molecule is Cc1ccc(S(=O)(=O)[C@H]2C[C@@H](O)[C@@H](NC(=O)N(C)Cc3ccccc3)[C@@H]2N(Cc2ccccc2[N+](=O)[O-])C(=O)c2ccc[nH]2)cc1. The Balaban J connectivity index is 1.60. The lowest BCUT2D eigenvalue weighted by Crippen LogP contribution is -2.59. The fraction of sp³-hybridized carbons (Fsp3) is 0.273. The highest BCUT2D eigenvalue weighted by molar-refractivity contribution is 7.92. The second-order valence-electron chi connectivity index (χ2n) is 11.4. The summed E-state index contributed by atoms with van der Waals surface area (Å²) in [7, 11) is -2.64. The van der Waals surface area contributed by atoms with Gasteiger partial charge in [0.1, 0.15) is 5.69 Å². The lowest BCUT2D eigenvalue weighted by Gasteiger charge is -2.37. The van der Waals surface area contributed by atoms with Gasteiger partial charge in [0.15, 0.2) is 9.84 Å². The number of amides is 3. The van der Waals surface area contributed by atoms with Crippen molar-refractivity contribution >= 4 is 27.5 Å². The lowest BCUT2D eigenvalue weighted by molar-refractivity contribution is -0.385. The van der Waals surface area contributed by atoms with Gasteiger partial charge in [0.25, 0.3) is 11.6 Å². The number of nitro groups is 1. The van der Waals surface area contributed by atoms with Crippen molar-refractivity contribution in [2.75, 3.05) is 7.05 Å². The minimum Gasteiger partial charge on any atom is -0.391 e. The van der Waals surface area contributed by atoms with Crippen LogP contribution in [-0.4, -0.2) is 75.7 Å². The van der Waals surface area contributed by atoms with Crippen molar-refractivity contribution in [1.82, 2.24) is 20.1 Å². The highest BCUT2D eigenvalue weighted by Gasteiger charge is 2.53. The Labute approximate surface area is 266 Å². The lowest BCUT2D eigenvalue weighted by atomic mass is 10.1. The van der Waals surface area contributed by atoms with Crippen molar-refractivity contribution < 1.29 is 28.0 Å². The van der Waals surface area contributed by atoms with Gasteiger partial charge in [0.2, 0.25) is 0 Å². The zero-order valence-electron chi connectivity index (χ0n) is 25.3. The van der Waals surface area contributed by atoms with E-state index in [1.807, 2.05) is 37.3 Å².